The molecule has 0 unspecified atom stereocenters. The van der Waals surface area contributed by atoms with Gasteiger partial charge >= 0.3 is 6.09 Å². The number of amides is 1. The lowest BCUT2D eigenvalue weighted by molar-refractivity contribution is -0.0877. The molecule has 0 aliphatic heterocycles. The van der Waals surface area contributed by atoms with Crippen LogP contribution in [0.5, 0.6) is 0 Å². The number of carbonyl (C=O) groups is 1. The summed E-state index contributed by atoms with van der Waals surface area (Å²) in [5.41, 5.74) is 0. The molecular formula is C7H17NO4. The number of rotatable bonds is 2. The van der Waals surface area contributed by atoms with E-state index in [0.29, 0.717) is 0 Å². The van der Waals surface area contributed by atoms with Gasteiger partial charge in [-0.15, -0.1) is 0 Å². The Labute approximate surface area is 72.9 Å². The summed E-state index contributed by atoms with van der Waals surface area (Å²) < 4.78 is 9.35. The van der Waals surface area contributed by atoms with E-state index in [9.17, 15) is 4.79 Å². The molecule has 0 aromatic heterocycles. The van der Waals surface area contributed by atoms with E-state index < -0.39 is 6.09 Å². The quantitative estimate of drug-likeness (QED) is 0.638. The van der Waals surface area contributed by atoms with Crippen LogP contribution in [0.2, 0.25) is 0 Å². The number of carboxylic acid groups (broad SMARTS) is 1. The first-order valence-electron chi connectivity index (χ1n) is 3.41. The SMILES string of the molecule is CN(C)C(=O)O.COC(C)OC. The van der Waals surface area contributed by atoms with Gasteiger partial charge in [-0.2, -0.15) is 0 Å². The van der Waals surface area contributed by atoms with Crippen molar-refractivity contribution >= 4 is 6.09 Å². The van der Waals surface area contributed by atoms with Crippen LogP contribution in [-0.2, 0) is 9.47 Å². The van der Waals surface area contributed by atoms with E-state index in [1.165, 1.54) is 14.1 Å². The number of ether oxygens (including phenoxy) is 2. The zero-order valence-corrected chi connectivity index (χ0v) is 8.20. The molecule has 5 heteroatoms. The standard InChI is InChI=1S/C4H10O2.C3H7NO2/c1-4(5-2)6-3;1-4(2)3(5)6/h4H,1-3H3;1-2H3,(H,5,6). The minimum absolute atomic E-state index is 0.0648. The van der Waals surface area contributed by atoms with Crippen molar-refractivity contribution in [2.75, 3.05) is 28.3 Å². The second kappa shape index (κ2) is 8.29. The molecule has 0 atom stereocenters. The summed E-state index contributed by atoms with van der Waals surface area (Å²) in [6.07, 6.45) is -0.972. The van der Waals surface area contributed by atoms with E-state index in [0.717, 1.165) is 4.90 Å². The van der Waals surface area contributed by atoms with Gasteiger partial charge in [-0.25, -0.2) is 4.79 Å². The summed E-state index contributed by atoms with van der Waals surface area (Å²) in [5, 5.41) is 7.92. The zero-order valence-electron chi connectivity index (χ0n) is 8.20. The Balaban J connectivity index is 0. The summed E-state index contributed by atoms with van der Waals surface area (Å²) in [5.74, 6) is 0. The molecule has 0 rings (SSSR count). The summed E-state index contributed by atoms with van der Waals surface area (Å²) in [6.45, 7) is 1.83. The number of methoxy groups -OCH3 is 2. The molecule has 1 amide bonds. The Bertz CT molecular complexity index is 112. The summed E-state index contributed by atoms with van der Waals surface area (Å²) in [6, 6.07) is 0. The molecule has 0 aromatic rings. The highest BCUT2D eigenvalue weighted by molar-refractivity contribution is 5.63. The minimum Gasteiger partial charge on any atom is -0.465 e. The van der Waals surface area contributed by atoms with Crippen LogP contribution in [0.15, 0.2) is 0 Å². The van der Waals surface area contributed by atoms with Crippen molar-refractivity contribution in [1.82, 2.24) is 4.90 Å². The highest BCUT2D eigenvalue weighted by Gasteiger charge is 1.92. The van der Waals surface area contributed by atoms with Crippen molar-refractivity contribution in [3.05, 3.63) is 0 Å². The second-order valence-electron chi connectivity index (χ2n) is 2.22. The van der Waals surface area contributed by atoms with Crippen molar-refractivity contribution in [1.29, 1.82) is 0 Å². The molecule has 0 aliphatic carbocycles. The second-order valence-corrected chi connectivity index (χ2v) is 2.22. The van der Waals surface area contributed by atoms with Crippen molar-refractivity contribution in [3.63, 3.8) is 0 Å². The van der Waals surface area contributed by atoms with Crippen LogP contribution in [0, 0.1) is 0 Å². The van der Waals surface area contributed by atoms with Gasteiger partial charge in [0.1, 0.15) is 0 Å². The Morgan fingerprint density at radius 3 is 1.58 bits per heavy atom. The Morgan fingerprint density at radius 1 is 1.33 bits per heavy atom. The maximum absolute atomic E-state index is 9.62. The zero-order chi connectivity index (χ0) is 10.1. The van der Waals surface area contributed by atoms with Crippen LogP contribution in [0.1, 0.15) is 6.92 Å². The number of hydrogen-bond acceptors (Lipinski definition) is 3. The van der Waals surface area contributed by atoms with Gasteiger partial charge in [-0.3, -0.25) is 0 Å². The lowest BCUT2D eigenvalue weighted by atomic mass is 10.8. The molecule has 0 aromatic carbocycles. The van der Waals surface area contributed by atoms with Crippen molar-refractivity contribution in [3.8, 4) is 0 Å². The highest BCUT2D eigenvalue weighted by Crippen LogP contribution is 1.82. The van der Waals surface area contributed by atoms with Crippen molar-refractivity contribution in [2.24, 2.45) is 0 Å². The minimum atomic E-state index is -0.907. The van der Waals surface area contributed by atoms with Gasteiger partial charge in [0.25, 0.3) is 0 Å². The maximum atomic E-state index is 9.62. The molecule has 0 spiro atoms. The smallest absolute Gasteiger partial charge is 0.406 e. The maximum Gasteiger partial charge on any atom is 0.406 e. The van der Waals surface area contributed by atoms with Crippen LogP contribution < -0.4 is 0 Å². The van der Waals surface area contributed by atoms with Gasteiger partial charge in [-0.05, 0) is 6.92 Å². The van der Waals surface area contributed by atoms with Gasteiger partial charge in [0.2, 0.25) is 0 Å². The number of nitrogens with zero attached hydrogens (tertiary/aromatic N) is 1. The van der Waals surface area contributed by atoms with E-state index in [1.807, 2.05) is 6.92 Å². The molecule has 0 bridgehead atoms. The summed E-state index contributed by atoms with van der Waals surface area (Å²) >= 11 is 0. The van der Waals surface area contributed by atoms with Crippen LogP contribution in [0.4, 0.5) is 4.79 Å². The van der Waals surface area contributed by atoms with Gasteiger partial charge in [0.05, 0.1) is 0 Å². The molecule has 1 N–H and O–H groups in total. The Hall–Kier alpha value is -0.810. The topological polar surface area (TPSA) is 59.0 Å². The van der Waals surface area contributed by atoms with Gasteiger partial charge in [0, 0.05) is 28.3 Å². The fraction of sp³-hybridized carbons (Fsp3) is 0.857. The fourth-order valence-corrected chi connectivity index (χ4v) is 0.0962. The molecule has 5 nitrogen and oxygen atoms in total. The molecule has 0 fully saturated rings. The molecule has 0 aliphatic rings. The van der Waals surface area contributed by atoms with Crippen molar-refractivity contribution < 1.29 is 19.4 Å². The average Bonchev–Trinajstić information content (AvgIpc) is 2.04. The van der Waals surface area contributed by atoms with Gasteiger partial charge < -0.3 is 19.5 Å². The third-order valence-electron chi connectivity index (χ3n) is 1.05. The lowest BCUT2D eigenvalue weighted by Crippen LogP contribution is -2.18. The van der Waals surface area contributed by atoms with E-state index in [2.05, 4.69) is 9.47 Å². The predicted molar refractivity (Wildman–Crippen MR) is 45.2 cm³/mol. The van der Waals surface area contributed by atoms with Crippen LogP contribution in [0.25, 0.3) is 0 Å². The first-order valence-corrected chi connectivity index (χ1v) is 3.41. The van der Waals surface area contributed by atoms with E-state index in [1.54, 1.807) is 14.2 Å². The van der Waals surface area contributed by atoms with E-state index in [4.69, 9.17) is 5.11 Å². The monoisotopic (exact) mass is 179 g/mol. The van der Waals surface area contributed by atoms with Crippen LogP contribution >= 0.6 is 0 Å². The third kappa shape index (κ3) is 11.9. The molecular weight excluding hydrogens is 162 g/mol. The summed E-state index contributed by atoms with van der Waals surface area (Å²) in [7, 11) is 6.16. The summed E-state index contributed by atoms with van der Waals surface area (Å²) in [4.78, 5) is 10.7. The molecule has 74 valence electrons. The van der Waals surface area contributed by atoms with Gasteiger partial charge in [-0.1, -0.05) is 0 Å². The van der Waals surface area contributed by atoms with Crippen LogP contribution in [-0.4, -0.2) is 50.7 Å². The average molecular weight is 179 g/mol. The highest BCUT2D eigenvalue weighted by atomic mass is 16.7. The Morgan fingerprint density at radius 2 is 1.58 bits per heavy atom. The van der Waals surface area contributed by atoms with E-state index in [-0.39, 0.29) is 6.29 Å². The largest absolute Gasteiger partial charge is 0.465 e. The predicted octanol–water partition coefficient (Wildman–Crippen LogP) is 0.851. The third-order valence-corrected chi connectivity index (χ3v) is 1.05. The Kier molecular flexibility index (Phi) is 9.50. The van der Waals surface area contributed by atoms with E-state index >= 15 is 0 Å². The lowest BCUT2D eigenvalue weighted by Gasteiger charge is -2.03. The van der Waals surface area contributed by atoms with Crippen LogP contribution in [0.3, 0.4) is 0 Å². The normalized spacial score (nSPS) is 8.83. The van der Waals surface area contributed by atoms with Gasteiger partial charge in [0.15, 0.2) is 6.29 Å². The fourth-order valence-electron chi connectivity index (χ4n) is 0.0962. The molecule has 0 saturated heterocycles. The molecule has 12 heavy (non-hydrogen) atoms. The first kappa shape index (κ1) is 13.8. The first-order chi connectivity index (χ1) is 5.45. The molecule has 0 saturated carbocycles. The molecule has 0 heterocycles. The molecule has 0 radical (unpaired) electrons. The number of hydrogen-bond donors (Lipinski definition) is 1. The van der Waals surface area contributed by atoms with Crippen molar-refractivity contribution in [2.45, 2.75) is 13.2 Å².